The molecule has 188 valence electrons. The van der Waals surface area contributed by atoms with Crippen LogP contribution in [0.15, 0.2) is 69.6 Å². The monoisotopic (exact) mass is 512 g/mol. The van der Waals surface area contributed by atoms with Crippen LogP contribution in [0.3, 0.4) is 0 Å². The van der Waals surface area contributed by atoms with Crippen molar-refractivity contribution in [3.8, 4) is 5.75 Å². The summed E-state index contributed by atoms with van der Waals surface area (Å²) in [6.07, 6.45) is 0.303. The number of hydrogen-bond acceptors (Lipinski definition) is 6. The van der Waals surface area contributed by atoms with E-state index in [1.54, 1.807) is 7.11 Å². The fourth-order valence-electron chi connectivity index (χ4n) is 5.47. The Bertz CT molecular complexity index is 1040. The van der Waals surface area contributed by atoms with E-state index in [0.29, 0.717) is 6.42 Å². The van der Waals surface area contributed by atoms with Crippen molar-refractivity contribution in [1.29, 1.82) is 0 Å². The second-order valence-corrected chi connectivity index (χ2v) is 15.2. The lowest BCUT2D eigenvalue weighted by atomic mass is 9.83. The number of carbonyl (C=O) groups excluding carboxylic acids is 2. The Hall–Kier alpha value is -2.51. The fourth-order valence-corrected chi connectivity index (χ4v) is 11.8. The molecule has 0 N–H and O–H groups in total. The van der Waals surface area contributed by atoms with Gasteiger partial charge >= 0.3 is 11.9 Å². The third kappa shape index (κ3) is 4.80. The van der Waals surface area contributed by atoms with Crippen LogP contribution in [0.4, 0.5) is 0 Å². The zero-order chi connectivity index (χ0) is 25.6. The third-order valence-corrected chi connectivity index (χ3v) is 14.9. The van der Waals surface area contributed by atoms with Crippen molar-refractivity contribution in [2.45, 2.75) is 56.1 Å². The summed E-state index contributed by atoms with van der Waals surface area (Å²) in [6.45, 7) is 6.75. The molecule has 1 aliphatic carbocycles. The standard InChI is InChI=1S/C28H36O5SSi/c1-7-35(8-2,9-3)24-23(20-15-17-21(31-4)18-16-20)19-28(26(29)32-5,27(30)33-6)25(24)34-22-13-11-10-12-14-22/h10-18,23H,7-9,19H2,1-6H3. The normalized spacial score (nSPS) is 17.3. The molecule has 2 aromatic rings. The molecule has 5 nitrogen and oxygen atoms in total. The molecule has 0 bridgehead atoms. The van der Waals surface area contributed by atoms with Gasteiger partial charge in [0.15, 0.2) is 5.41 Å². The summed E-state index contributed by atoms with van der Waals surface area (Å²) in [5.74, 6) is -0.421. The van der Waals surface area contributed by atoms with Gasteiger partial charge < -0.3 is 14.2 Å². The van der Waals surface area contributed by atoms with Gasteiger partial charge in [0.05, 0.1) is 29.4 Å². The van der Waals surface area contributed by atoms with E-state index >= 15 is 0 Å². The average molecular weight is 513 g/mol. The van der Waals surface area contributed by atoms with Crippen molar-refractivity contribution >= 4 is 31.8 Å². The highest BCUT2D eigenvalue weighted by Gasteiger charge is 2.61. The molecule has 1 aliphatic rings. The van der Waals surface area contributed by atoms with Gasteiger partial charge in [0.1, 0.15) is 5.75 Å². The Morgan fingerprint density at radius 1 is 0.886 bits per heavy atom. The average Bonchev–Trinajstić information content (AvgIpc) is 3.26. The first-order valence-electron chi connectivity index (χ1n) is 12.2. The largest absolute Gasteiger partial charge is 0.497 e. The molecule has 0 radical (unpaired) electrons. The number of ether oxygens (including phenoxy) is 3. The van der Waals surface area contributed by atoms with Gasteiger partial charge in [-0.25, -0.2) is 0 Å². The Morgan fingerprint density at radius 3 is 1.89 bits per heavy atom. The zero-order valence-electron chi connectivity index (χ0n) is 21.6. The van der Waals surface area contributed by atoms with Gasteiger partial charge in [-0.1, -0.05) is 86.2 Å². The number of esters is 2. The first-order chi connectivity index (χ1) is 16.9. The Balaban J connectivity index is 2.40. The summed E-state index contributed by atoms with van der Waals surface area (Å²) in [5.41, 5.74) is -0.421. The van der Waals surface area contributed by atoms with E-state index in [4.69, 9.17) is 14.2 Å². The maximum atomic E-state index is 13.6. The maximum absolute atomic E-state index is 13.6. The molecule has 0 spiro atoms. The number of thioether (sulfide) groups is 1. The predicted octanol–water partition coefficient (Wildman–Crippen LogP) is 6.61. The summed E-state index contributed by atoms with van der Waals surface area (Å²) in [6, 6.07) is 21.0. The molecule has 3 rings (SSSR count). The molecule has 2 aromatic carbocycles. The molecule has 7 heteroatoms. The lowest BCUT2D eigenvalue weighted by Crippen LogP contribution is -2.41. The molecule has 0 amide bonds. The summed E-state index contributed by atoms with van der Waals surface area (Å²) >= 11 is 1.52. The van der Waals surface area contributed by atoms with Crippen molar-refractivity contribution in [1.82, 2.24) is 0 Å². The van der Waals surface area contributed by atoms with Crippen LogP contribution in [0, 0.1) is 5.41 Å². The second kappa shape index (κ2) is 11.5. The van der Waals surface area contributed by atoms with Crippen LogP contribution in [0.2, 0.25) is 18.1 Å². The number of hydrogen-bond donors (Lipinski definition) is 0. The van der Waals surface area contributed by atoms with Gasteiger partial charge in [0.25, 0.3) is 0 Å². The quantitative estimate of drug-likeness (QED) is 0.203. The molecule has 0 aromatic heterocycles. The van der Waals surface area contributed by atoms with E-state index in [1.807, 2.05) is 42.5 Å². The smallest absolute Gasteiger partial charge is 0.328 e. The van der Waals surface area contributed by atoms with E-state index in [1.165, 1.54) is 31.2 Å². The number of benzene rings is 2. The fraction of sp³-hybridized carbons (Fsp3) is 0.429. The minimum absolute atomic E-state index is 0.0863. The van der Waals surface area contributed by atoms with Gasteiger partial charge in [-0.05, 0) is 36.2 Å². The Labute approximate surface area is 214 Å². The Kier molecular flexibility index (Phi) is 8.88. The topological polar surface area (TPSA) is 61.8 Å². The second-order valence-electron chi connectivity index (χ2n) is 8.92. The zero-order valence-corrected chi connectivity index (χ0v) is 23.4. The number of methoxy groups -OCH3 is 3. The van der Waals surface area contributed by atoms with Crippen molar-refractivity contribution in [2.24, 2.45) is 5.41 Å². The molecule has 1 atom stereocenters. The number of rotatable bonds is 10. The molecule has 0 saturated carbocycles. The minimum atomic E-state index is -2.06. The van der Waals surface area contributed by atoms with Gasteiger partial charge in [0, 0.05) is 15.7 Å². The number of allylic oxidation sites excluding steroid dienone is 1. The molecule has 0 aliphatic heterocycles. The van der Waals surface area contributed by atoms with Crippen molar-refractivity contribution in [3.63, 3.8) is 0 Å². The van der Waals surface area contributed by atoms with Crippen molar-refractivity contribution in [3.05, 3.63) is 70.3 Å². The summed E-state index contributed by atoms with van der Waals surface area (Å²) in [7, 11) is 2.28. The first-order valence-corrected chi connectivity index (χ1v) is 15.6. The van der Waals surface area contributed by atoms with Crippen molar-refractivity contribution in [2.75, 3.05) is 21.3 Å². The highest BCUT2D eigenvalue weighted by atomic mass is 32.2. The predicted molar refractivity (Wildman–Crippen MR) is 143 cm³/mol. The molecule has 0 saturated heterocycles. The van der Waals surface area contributed by atoms with E-state index in [0.717, 1.165) is 39.2 Å². The van der Waals surface area contributed by atoms with Gasteiger partial charge in [0.2, 0.25) is 0 Å². The highest BCUT2D eigenvalue weighted by molar-refractivity contribution is 8.03. The van der Waals surface area contributed by atoms with Gasteiger partial charge in [-0.2, -0.15) is 0 Å². The molecule has 35 heavy (non-hydrogen) atoms. The number of carbonyl (C=O) groups is 2. The van der Waals surface area contributed by atoms with E-state index in [-0.39, 0.29) is 5.92 Å². The Morgan fingerprint density at radius 2 is 1.43 bits per heavy atom. The molecular weight excluding hydrogens is 476 g/mol. The summed E-state index contributed by atoms with van der Waals surface area (Å²) in [4.78, 5) is 28.9. The van der Waals surface area contributed by atoms with Crippen LogP contribution in [0.5, 0.6) is 5.75 Å². The first kappa shape index (κ1) is 27.1. The SMILES string of the molecule is CC[Si](CC)(CC)C1=C(Sc2ccccc2)C(C(=O)OC)(C(=O)OC)CC1c1ccc(OC)cc1. The summed E-state index contributed by atoms with van der Waals surface area (Å²) < 4.78 is 16.0. The van der Waals surface area contributed by atoms with Crippen LogP contribution in [0.25, 0.3) is 0 Å². The van der Waals surface area contributed by atoms with Crippen LogP contribution in [-0.4, -0.2) is 41.3 Å². The van der Waals surface area contributed by atoms with Crippen LogP contribution in [0.1, 0.15) is 38.7 Å². The van der Waals surface area contributed by atoms with Crippen LogP contribution in [-0.2, 0) is 19.1 Å². The van der Waals surface area contributed by atoms with E-state index < -0.39 is 25.4 Å². The summed E-state index contributed by atoms with van der Waals surface area (Å²) in [5, 5.41) is 1.28. The lowest BCUT2D eigenvalue weighted by Gasteiger charge is -2.35. The molecular formula is C28H36O5SSi. The lowest BCUT2D eigenvalue weighted by molar-refractivity contribution is -0.165. The van der Waals surface area contributed by atoms with E-state index in [2.05, 4.69) is 32.9 Å². The third-order valence-electron chi connectivity index (χ3n) is 7.64. The molecule has 0 heterocycles. The van der Waals surface area contributed by atoms with Crippen molar-refractivity contribution < 1.29 is 23.8 Å². The van der Waals surface area contributed by atoms with Gasteiger partial charge in [-0.3, -0.25) is 9.59 Å². The molecule has 1 unspecified atom stereocenters. The minimum Gasteiger partial charge on any atom is -0.497 e. The molecule has 0 fully saturated rings. The maximum Gasteiger partial charge on any atom is 0.328 e. The van der Waals surface area contributed by atoms with Crippen LogP contribution < -0.4 is 4.74 Å². The van der Waals surface area contributed by atoms with Gasteiger partial charge in [-0.15, -0.1) is 0 Å². The van der Waals surface area contributed by atoms with Crippen LogP contribution >= 0.6 is 11.8 Å². The van der Waals surface area contributed by atoms with E-state index in [9.17, 15) is 9.59 Å². The highest BCUT2D eigenvalue weighted by Crippen LogP contribution is 2.61.